The molecule has 19 heavy (non-hydrogen) atoms. The first kappa shape index (κ1) is 12.3. The van der Waals surface area contributed by atoms with Gasteiger partial charge in [0.25, 0.3) is 0 Å². The molecular formula is C13H18N4O2. The predicted molar refractivity (Wildman–Crippen MR) is 67.9 cm³/mol. The Kier molecular flexibility index (Phi) is 3.33. The second-order valence-corrected chi connectivity index (χ2v) is 5.02. The lowest BCUT2D eigenvalue weighted by molar-refractivity contribution is 0.192. The van der Waals surface area contributed by atoms with Crippen LogP contribution >= 0.6 is 0 Å². The minimum atomic E-state index is 0.301. The highest BCUT2D eigenvalue weighted by Gasteiger charge is 2.23. The highest BCUT2D eigenvalue weighted by atomic mass is 16.5. The van der Waals surface area contributed by atoms with Gasteiger partial charge in [-0.15, -0.1) is 0 Å². The van der Waals surface area contributed by atoms with Crippen LogP contribution < -0.4 is 0 Å². The SMILES string of the molecule is Cc1n[nH]c(C)c1CCc1nc([C@@H]2CCOC2)no1. The number of hydrogen-bond acceptors (Lipinski definition) is 5. The van der Waals surface area contributed by atoms with E-state index in [-0.39, 0.29) is 0 Å². The number of ether oxygens (including phenoxy) is 1. The molecule has 0 amide bonds. The summed E-state index contributed by atoms with van der Waals surface area (Å²) in [4.78, 5) is 4.46. The summed E-state index contributed by atoms with van der Waals surface area (Å²) in [5.41, 5.74) is 3.40. The smallest absolute Gasteiger partial charge is 0.226 e. The van der Waals surface area contributed by atoms with Crippen molar-refractivity contribution in [3.63, 3.8) is 0 Å². The molecule has 3 heterocycles. The fraction of sp³-hybridized carbons (Fsp3) is 0.615. The molecular weight excluding hydrogens is 244 g/mol. The van der Waals surface area contributed by atoms with E-state index in [4.69, 9.17) is 9.26 Å². The van der Waals surface area contributed by atoms with Gasteiger partial charge in [-0.3, -0.25) is 5.10 Å². The van der Waals surface area contributed by atoms with Crippen molar-refractivity contribution in [2.75, 3.05) is 13.2 Å². The van der Waals surface area contributed by atoms with E-state index < -0.39 is 0 Å². The Hall–Kier alpha value is -1.69. The van der Waals surface area contributed by atoms with E-state index in [1.165, 1.54) is 5.56 Å². The van der Waals surface area contributed by atoms with Crippen LogP contribution in [-0.4, -0.2) is 33.6 Å². The molecule has 0 spiro atoms. The summed E-state index contributed by atoms with van der Waals surface area (Å²) in [6.45, 7) is 5.54. The van der Waals surface area contributed by atoms with Crippen LogP contribution in [0.2, 0.25) is 0 Å². The number of aryl methyl sites for hydroxylation is 3. The minimum Gasteiger partial charge on any atom is -0.381 e. The van der Waals surface area contributed by atoms with E-state index >= 15 is 0 Å². The molecule has 0 aromatic carbocycles. The van der Waals surface area contributed by atoms with E-state index in [0.29, 0.717) is 18.4 Å². The number of nitrogens with zero attached hydrogens (tertiary/aromatic N) is 3. The molecule has 6 heteroatoms. The Bertz CT molecular complexity index is 535. The highest BCUT2D eigenvalue weighted by Crippen LogP contribution is 2.22. The minimum absolute atomic E-state index is 0.301. The molecule has 0 radical (unpaired) electrons. The van der Waals surface area contributed by atoms with Gasteiger partial charge in [0.2, 0.25) is 5.89 Å². The number of nitrogens with one attached hydrogen (secondary N) is 1. The van der Waals surface area contributed by atoms with Gasteiger partial charge in [0, 0.05) is 24.6 Å². The third-order valence-corrected chi connectivity index (χ3v) is 3.65. The van der Waals surface area contributed by atoms with Gasteiger partial charge in [0.05, 0.1) is 12.3 Å². The van der Waals surface area contributed by atoms with Crippen molar-refractivity contribution in [3.05, 3.63) is 28.7 Å². The highest BCUT2D eigenvalue weighted by molar-refractivity contribution is 5.23. The van der Waals surface area contributed by atoms with Crippen molar-refractivity contribution in [1.82, 2.24) is 20.3 Å². The average molecular weight is 262 g/mol. The first-order valence-corrected chi connectivity index (χ1v) is 6.64. The van der Waals surface area contributed by atoms with Crippen LogP contribution in [0.25, 0.3) is 0 Å². The summed E-state index contributed by atoms with van der Waals surface area (Å²) < 4.78 is 10.6. The summed E-state index contributed by atoms with van der Waals surface area (Å²) in [5, 5.41) is 11.2. The van der Waals surface area contributed by atoms with Crippen molar-refractivity contribution in [2.45, 2.75) is 39.0 Å². The van der Waals surface area contributed by atoms with Crippen LogP contribution in [0, 0.1) is 13.8 Å². The van der Waals surface area contributed by atoms with Crippen LogP contribution in [-0.2, 0) is 17.6 Å². The summed E-state index contributed by atoms with van der Waals surface area (Å²) in [7, 11) is 0. The third-order valence-electron chi connectivity index (χ3n) is 3.65. The van der Waals surface area contributed by atoms with E-state index in [1.54, 1.807) is 0 Å². The maximum Gasteiger partial charge on any atom is 0.226 e. The maximum atomic E-state index is 5.34. The maximum absolute atomic E-state index is 5.34. The summed E-state index contributed by atoms with van der Waals surface area (Å²) in [5.74, 6) is 1.78. The van der Waals surface area contributed by atoms with Crippen LogP contribution in [0.4, 0.5) is 0 Å². The molecule has 1 N–H and O–H groups in total. The molecule has 1 aliphatic heterocycles. The van der Waals surface area contributed by atoms with Gasteiger partial charge in [-0.05, 0) is 32.3 Å². The van der Waals surface area contributed by atoms with E-state index in [1.807, 2.05) is 13.8 Å². The fourth-order valence-corrected chi connectivity index (χ4v) is 2.45. The number of rotatable bonds is 4. The molecule has 0 aliphatic carbocycles. The molecule has 2 aromatic heterocycles. The van der Waals surface area contributed by atoms with Gasteiger partial charge in [-0.2, -0.15) is 10.1 Å². The normalized spacial score (nSPS) is 19.2. The Morgan fingerprint density at radius 2 is 2.21 bits per heavy atom. The zero-order valence-electron chi connectivity index (χ0n) is 11.3. The molecule has 1 saturated heterocycles. The standard InChI is InChI=1S/C13H18N4O2/c1-8-11(9(2)16-15-8)3-4-12-14-13(17-19-12)10-5-6-18-7-10/h10H,3-7H2,1-2H3,(H,15,16)/t10-/m1/s1. The first-order valence-electron chi connectivity index (χ1n) is 6.64. The summed E-state index contributed by atoms with van der Waals surface area (Å²) in [6.07, 6.45) is 2.61. The zero-order chi connectivity index (χ0) is 13.2. The van der Waals surface area contributed by atoms with Crippen molar-refractivity contribution >= 4 is 0 Å². The fourth-order valence-electron chi connectivity index (χ4n) is 2.45. The number of aromatic amines is 1. The lowest BCUT2D eigenvalue weighted by atomic mass is 10.1. The molecule has 102 valence electrons. The zero-order valence-corrected chi connectivity index (χ0v) is 11.3. The number of hydrogen-bond donors (Lipinski definition) is 1. The Morgan fingerprint density at radius 3 is 2.89 bits per heavy atom. The predicted octanol–water partition coefficient (Wildman–Crippen LogP) is 1.70. The average Bonchev–Trinajstić information content (AvgIpc) is 3.10. The Morgan fingerprint density at radius 1 is 1.32 bits per heavy atom. The quantitative estimate of drug-likeness (QED) is 0.907. The van der Waals surface area contributed by atoms with Gasteiger partial charge in [0.15, 0.2) is 5.82 Å². The van der Waals surface area contributed by atoms with Crippen LogP contribution in [0.15, 0.2) is 4.52 Å². The number of aromatic nitrogens is 4. The van der Waals surface area contributed by atoms with Crippen molar-refractivity contribution < 1.29 is 9.26 Å². The van der Waals surface area contributed by atoms with Crippen LogP contribution in [0.5, 0.6) is 0 Å². The van der Waals surface area contributed by atoms with Gasteiger partial charge in [-0.25, -0.2) is 0 Å². The van der Waals surface area contributed by atoms with Gasteiger partial charge in [-0.1, -0.05) is 5.16 Å². The molecule has 1 aliphatic rings. The van der Waals surface area contributed by atoms with Crippen LogP contribution in [0.1, 0.15) is 41.0 Å². The van der Waals surface area contributed by atoms with Crippen molar-refractivity contribution in [2.24, 2.45) is 0 Å². The van der Waals surface area contributed by atoms with Gasteiger partial charge < -0.3 is 9.26 Å². The lowest BCUT2D eigenvalue weighted by Gasteiger charge is -1.98. The molecule has 1 atom stereocenters. The second kappa shape index (κ2) is 5.13. The van der Waals surface area contributed by atoms with Crippen molar-refractivity contribution in [3.8, 4) is 0 Å². The van der Waals surface area contributed by atoms with E-state index in [9.17, 15) is 0 Å². The molecule has 0 saturated carbocycles. The largest absolute Gasteiger partial charge is 0.381 e. The Labute approximate surface area is 111 Å². The molecule has 0 bridgehead atoms. The first-order chi connectivity index (χ1) is 9.24. The molecule has 1 fully saturated rings. The molecule has 2 aromatic rings. The monoisotopic (exact) mass is 262 g/mol. The second-order valence-electron chi connectivity index (χ2n) is 5.02. The third kappa shape index (κ3) is 2.53. The van der Waals surface area contributed by atoms with Crippen molar-refractivity contribution in [1.29, 1.82) is 0 Å². The lowest BCUT2D eigenvalue weighted by Crippen LogP contribution is -2.00. The molecule has 6 nitrogen and oxygen atoms in total. The molecule has 3 rings (SSSR count). The van der Waals surface area contributed by atoms with Crippen LogP contribution in [0.3, 0.4) is 0 Å². The van der Waals surface area contributed by atoms with E-state index in [2.05, 4.69) is 20.3 Å². The summed E-state index contributed by atoms with van der Waals surface area (Å²) >= 11 is 0. The van der Waals surface area contributed by atoms with E-state index in [0.717, 1.165) is 43.1 Å². The number of H-pyrrole nitrogens is 1. The Balaban J connectivity index is 1.64. The van der Waals surface area contributed by atoms with Gasteiger partial charge in [0.1, 0.15) is 0 Å². The van der Waals surface area contributed by atoms with Gasteiger partial charge >= 0.3 is 0 Å². The summed E-state index contributed by atoms with van der Waals surface area (Å²) in [6, 6.07) is 0. The topological polar surface area (TPSA) is 76.8 Å². The molecule has 0 unspecified atom stereocenters.